The Kier molecular flexibility index (Phi) is 5.58. The van der Waals surface area contributed by atoms with Gasteiger partial charge in [0, 0.05) is 17.8 Å². The molecule has 0 aliphatic heterocycles. The fraction of sp³-hybridized carbons (Fsp3) is 0.0556. The number of anilines is 1. The number of halogens is 1. The Bertz CT molecular complexity index is 1030. The molecule has 136 valence electrons. The van der Waals surface area contributed by atoms with Crippen LogP contribution in [0.25, 0.3) is 11.1 Å². The molecule has 0 saturated carbocycles. The number of carbonyl (C=O) groups is 1. The normalized spacial score (nSPS) is 11.3. The number of nitrogens with zero attached hydrogens (tertiary/aromatic N) is 3. The van der Waals surface area contributed by atoms with Crippen LogP contribution in [-0.4, -0.2) is 21.0 Å². The Morgan fingerprint density at radius 1 is 1.19 bits per heavy atom. The monoisotopic (exact) mass is 400 g/mol. The lowest BCUT2D eigenvalue weighted by molar-refractivity contribution is -0.384. The van der Waals surface area contributed by atoms with E-state index in [0.29, 0.717) is 16.3 Å². The highest BCUT2D eigenvalue weighted by Gasteiger charge is 2.15. The van der Waals surface area contributed by atoms with Crippen molar-refractivity contribution in [1.29, 1.82) is 0 Å². The molecule has 0 fully saturated rings. The molecule has 1 heterocycles. The van der Waals surface area contributed by atoms with Gasteiger partial charge >= 0.3 is 0 Å². The summed E-state index contributed by atoms with van der Waals surface area (Å²) in [6, 6.07) is 13.4. The van der Waals surface area contributed by atoms with E-state index in [1.54, 1.807) is 24.3 Å². The van der Waals surface area contributed by atoms with Gasteiger partial charge in [-0.05, 0) is 30.7 Å². The van der Waals surface area contributed by atoms with E-state index in [0.717, 1.165) is 16.9 Å². The topological polar surface area (TPSA) is 98.0 Å². The molecule has 9 heteroatoms. The zero-order chi connectivity index (χ0) is 19.4. The third-order valence-electron chi connectivity index (χ3n) is 3.51. The first-order chi connectivity index (χ1) is 12.9. The smallest absolute Gasteiger partial charge is 0.286 e. The van der Waals surface area contributed by atoms with Gasteiger partial charge in [-0.15, -0.1) is 10.2 Å². The van der Waals surface area contributed by atoms with Crippen LogP contribution in [0.1, 0.15) is 25.9 Å². The Labute approximate surface area is 163 Å². The highest BCUT2D eigenvalue weighted by atomic mass is 35.5. The van der Waals surface area contributed by atoms with Crippen molar-refractivity contribution in [3.05, 3.63) is 79.8 Å². The number of aromatic nitrogens is 2. The van der Waals surface area contributed by atoms with Crippen LogP contribution in [0.15, 0.2) is 48.5 Å². The fourth-order valence-electron chi connectivity index (χ4n) is 2.17. The minimum atomic E-state index is -0.482. The zero-order valence-corrected chi connectivity index (χ0v) is 15.6. The van der Waals surface area contributed by atoms with Gasteiger partial charge in [0.25, 0.3) is 11.6 Å². The van der Waals surface area contributed by atoms with Crippen LogP contribution in [0, 0.1) is 17.0 Å². The van der Waals surface area contributed by atoms with Crippen LogP contribution < -0.4 is 5.32 Å². The summed E-state index contributed by atoms with van der Waals surface area (Å²) in [7, 11) is 0. The standard InChI is InChI=1S/C18H13ClN4O3S/c1-11-5-7-13(8-6-11)20-16(24)18-22-21-17(27-18)15(19)10-12-3-2-4-14(9-12)23(25)26/h2-10H,1H3,(H,20,24)/b15-10-. The Morgan fingerprint density at radius 3 is 2.59 bits per heavy atom. The molecular formula is C18H13ClN4O3S. The molecule has 1 amide bonds. The second-order valence-corrected chi connectivity index (χ2v) is 6.96. The average molecular weight is 401 g/mol. The maximum Gasteiger partial charge on any atom is 0.286 e. The highest BCUT2D eigenvalue weighted by molar-refractivity contribution is 7.15. The average Bonchev–Trinajstić information content (AvgIpc) is 3.14. The van der Waals surface area contributed by atoms with Crippen molar-refractivity contribution >= 4 is 51.3 Å². The lowest BCUT2D eigenvalue weighted by Gasteiger charge is -2.02. The van der Waals surface area contributed by atoms with Gasteiger partial charge < -0.3 is 5.32 Å². The maximum atomic E-state index is 12.3. The maximum absolute atomic E-state index is 12.3. The summed E-state index contributed by atoms with van der Waals surface area (Å²) in [5.41, 5.74) is 2.25. The Hall–Kier alpha value is -3.10. The van der Waals surface area contributed by atoms with Gasteiger partial charge in [0.1, 0.15) is 0 Å². The number of hydrogen-bond donors (Lipinski definition) is 1. The zero-order valence-electron chi connectivity index (χ0n) is 14.0. The minimum absolute atomic E-state index is 0.0383. The molecule has 0 aliphatic rings. The molecule has 0 bridgehead atoms. The number of amides is 1. The number of hydrogen-bond acceptors (Lipinski definition) is 6. The molecule has 0 unspecified atom stereocenters. The van der Waals surface area contributed by atoms with E-state index >= 15 is 0 Å². The van der Waals surface area contributed by atoms with Crippen molar-refractivity contribution in [2.45, 2.75) is 6.92 Å². The van der Waals surface area contributed by atoms with E-state index in [-0.39, 0.29) is 21.6 Å². The lowest BCUT2D eigenvalue weighted by Crippen LogP contribution is -2.11. The summed E-state index contributed by atoms with van der Waals surface area (Å²) < 4.78 is 0. The van der Waals surface area contributed by atoms with E-state index in [1.165, 1.54) is 18.2 Å². The van der Waals surface area contributed by atoms with E-state index in [1.807, 2.05) is 19.1 Å². The van der Waals surface area contributed by atoms with Gasteiger partial charge in [-0.2, -0.15) is 0 Å². The second kappa shape index (κ2) is 8.07. The van der Waals surface area contributed by atoms with Crippen molar-refractivity contribution in [3.8, 4) is 0 Å². The van der Waals surface area contributed by atoms with Gasteiger partial charge in [-0.1, -0.05) is 52.8 Å². The molecule has 0 spiro atoms. The minimum Gasteiger partial charge on any atom is -0.320 e. The first kappa shape index (κ1) is 18.7. The predicted molar refractivity (Wildman–Crippen MR) is 106 cm³/mol. The predicted octanol–water partition coefficient (Wildman–Crippen LogP) is 4.74. The van der Waals surface area contributed by atoms with Gasteiger partial charge in [-0.3, -0.25) is 14.9 Å². The third-order valence-corrected chi connectivity index (χ3v) is 4.86. The molecule has 1 aromatic heterocycles. The number of nitrogens with one attached hydrogen (secondary N) is 1. The SMILES string of the molecule is Cc1ccc(NC(=O)c2nnc(/C(Cl)=C/c3cccc([N+](=O)[O-])c3)s2)cc1. The molecule has 0 atom stereocenters. The molecule has 0 aliphatic carbocycles. The lowest BCUT2D eigenvalue weighted by atomic mass is 10.2. The second-order valence-electron chi connectivity index (χ2n) is 5.58. The number of non-ortho nitro benzene ring substituents is 1. The van der Waals surface area contributed by atoms with Crippen LogP contribution in [0.4, 0.5) is 11.4 Å². The first-order valence-corrected chi connectivity index (χ1v) is 8.95. The quantitative estimate of drug-likeness (QED) is 0.492. The molecule has 3 rings (SSSR count). The number of aryl methyl sites for hydroxylation is 1. The summed E-state index contributed by atoms with van der Waals surface area (Å²) in [6.45, 7) is 1.96. The van der Waals surface area contributed by atoms with Gasteiger partial charge in [0.15, 0.2) is 5.01 Å². The molecule has 3 aromatic rings. The van der Waals surface area contributed by atoms with Crippen LogP contribution in [-0.2, 0) is 0 Å². The Morgan fingerprint density at radius 2 is 1.89 bits per heavy atom. The van der Waals surface area contributed by atoms with Gasteiger partial charge in [0.2, 0.25) is 5.01 Å². The van der Waals surface area contributed by atoms with Crippen molar-refractivity contribution in [2.24, 2.45) is 0 Å². The van der Waals surface area contributed by atoms with Crippen molar-refractivity contribution in [2.75, 3.05) is 5.32 Å². The molecule has 7 nitrogen and oxygen atoms in total. The molecule has 2 aromatic carbocycles. The summed E-state index contributed by atoms with van der Waals surface area (Å²) in [4.78, 5) is 22.6. The largest absolute Gasteiger partial charge is 0.320 e. The van der Waals surface area contributed by atoms with Crippen molar-refractivity contribution in [3.63, 3.8) is 0 Å². The highest BCUT2D eigenvalue weighted by Crippen LogP contribution is 2.26. The number of nitro groups is 1. The fourth-order valence-corrected chi connectivity index (χ4v) is 3.10. The molecule has 0 radical (unpaired) electrons. The van der Waals surface area contributed by atoms with E-state index in [2.05, 4.69) is 15.5 Å². The molecule has 27 heavy (non-hydrogen) atoms. The molecule has 0 saturated heterocycles. The summed E-state index contributed by atoms with van der Waals surface area (Å²) in [5.74, 6) is -0.387. The van der Waals surface area contributed by atoms with Gasteiger partial charge in [0.05, 0.1) is 9.96 Å². The van der Waals surface area contributed by atoms with Crippen molar-refractivity contribution in [1.82, 2.24) is 10.2 Å². The first-order valence-electron chi connectivity index (χ1n) is 7.76. The number of rotatable bonds is 5. The van der Waals surface area contributed by atoms with Crippen LogP contribution in [0.2, 0.25) is 0 Å². The van der Waals surface area contributed by atoms with Gasteiger partial charge in [-0.25, -0.2) is 0 Å². The van der Waals surface area contributed by atoms with E-state index in [9.17, 15) is 14.9 Å². The number of carbonyl (C=O) groups excluding carboxylic acids is 1. The number of benzene rings is 2. The summed E-state index contributed by atoms with van der Waals surface area (Å²) in [6.07, 6.45) is 1.54. The molecule has 1 N–H and O–H groups in total. The van der Waals surface area contributed by atoms with Crippen molar-refractivity contribution < 1.29 is 9.72 Å². The van der Waals surface area contributed by atoms with Crippen LogP contribution in [0.5, 0.6) is 0 Å². The Balaban J connectivity index is 1.76. The number of nitro benzene ring substituents is 1. The summed E-state index contributed by atoms with van der Waals surface area (Å²) >= 11 is 7.27. The van der Waals surface area contributed by atoms with E-state index in [4.69, 9.17) is 11.6 Å². The van der Waals surface area contributed by atoms with Crippen LogP contribution >= 0.6 is 22.9 Å². The molecular weight excluding hydrogens is 388 g/mol. The van der Waals surface area contributed by atoms with E-state index < -0.39 is 4.92 Å². The summed E-state index contributed by atoms with van der Waals surface area (Å²) in [5, 5.41) is 22.1. The third kappa shape index (κ3) is 4.75. The van der Waals surface area contributed by atoms with Crippen LogP contribution in [0.3, 0.4) is 0 Å².